The summed E-state index contributed by atoms with van der Waals surface area (Å²) in [4.78, 5) is 21.7. The van der Waals surface area contributed by atoms with E-state index in [0.29, 0.717) is 5.69 Å². The molecule has 0 radical (unpaired) electrons. The number of nitrogens with one attached hydrogen (secondary N) is 3. The number of unbranched alkanes of at least 4 members (excludes halogenated alkanes) is 1. The number of aromatic nitrogens is 2. The third-order valence-corrected chi connectivity index (χ3v) is 4.06. The van der Waals surface area contributed by atoms with Gasteiger partial charge >= 0.3 is 0 Å². The van der Waals surface area contributed by atoms with Gasteiger partial charge in [0.2, 0.25) is 0 Å². The Labute approximate surface area is 166 Å². The molecule has 1 amide bonds. The summed E-state index contributed by atoms with van der Waals surface area (Å²) in [6.07, 6.45) is 5.61. The highest BCUT2D eigenvalue weighted by molar-refractivity contribution is 5.97. The van der Waals surface area contributed by atoms with E-state index in [9.17, 15) is 4.79 Å². The van der Waals surface area contributed by atoms with E-state index in [-0.39, 0.29) is 43.1 Å². The smallest absolute Gasteiger partial charge is 0.267 e. The summed E-state index contributed by atoms with van der Waals surface area (Å²) in [6.45, 7) is 6.29. The van der Waals surface area contributed by atoms with Gasteiger partial charge in [-0.05, 0) is 31.5 Å². The number of rotatable bonds is 6. The fourth-order valence-corrected chi connectivity index (χ4v) is 2.79. The topological polar surface area (TPSA) is 73.1 Å². The van der Waals surface area contributed by atoms with E-state index in [4.69, 9.17) is 0 Å². The van der Waals surface area contributed by atoms with Gasteiger partial charge in [-0.15, -0.1) is 37.2 Å². The molecule has 6 nitrogen and oxygen atoms in total. The van der Waals surface area contributed by atoms with Crippen molar-refractivity contribution in [3.8, 4) is 0 Å². The van der Waals surface area contributed by atoms with E-state index >= 15 is 0 Å². The lowest BCUT2D eigenvalue weighted by Gasteiger charge is -2.27. The maximum absolute atomic E-state index is 12.1. The van der Waals surface area contributed by atoms with Crippen LogP contribution in [-0.4, -0.2) is 60.0 Å². The van der Waals surface area contributed by atoms with Crippen molar-refractivity contribution in [1.82, 2.24) is 25.5 Å². The van der Waals surface area contributed by atoms with Crippen LogP contribution in [0.25, 0.3) is 10.9 Å². The highest BCUT2D eigenvalue weighted by Gasteiger charge is 2.10. The fraction of sp³-hybridized carbons (Fsp3) is 0.500. The summed E-state index contributed by atoms with van der Waals surface area (Å²) in [6, 6.07) is 3.72. The van der Waals surface area contributed by atoms with Crippen LogP contribution < -0.4 is 10.6 Å². The zero-order valence-electron chi connectivity index (χ0n) is 14.0. The molecule has 142 valence electrons. The predicted octanol–water partition coefficient (Wildman–Crippen LogP) is 2.24. The molecule has 9 heteroatoms. The van der Waals surface area contributed by atoms with Gasteiger partial charge in [-0.3, -0.25) is 9.78 Å². The summed E-state index contributed by atoms with van der Waals surface area (Å²) in [5.41, 5.74) is 1.55. The molecule has 0 saturated carbocycles. The number of pyridine rings is 1. The number of hydrogen-bond donors (Lipinski definition) is 3. The van der Waals surface area contributed by atoms with Gasteiger partial charge in [-0.2, -0.15) is 0 Å². The molecule has 0 atom stereocenters. The third-order valence-electron chi connectivity index (χ3n) is 4.06. The lowest BCUT2D eigenvalue weighted by atomic mass is 10.2. The molecule has 0 aliphatic carbocycles. The Bertz CT molecular complexity index is 598. The van der Waals surface area contributed by atoms with Crippen molar-refractivity contribution in [2.45, 2.75) is 12.8 Å². The Balaban J connectivity index is 0.00000192. The summed E-state index contributed by atoms with van der Waals surface area (Å²) >= 11 is 0. The van der Waals surface area contributed by atoms with Crippen LogP contribution in [0.4, 0.5) is 0 Å². The number of carbonyl (C=O) groups is 1. The largest absolute Gasteiger partial charge is 0.351 e. The minimum absolute atomic E-state index is 0. The Morgan fingerprint density at radius 2 is 1.96 bits per heavy atom. The van der Waals surface area contributed by atoms with Crippen LogP contribution in [0.3, 0.4) is 0 Å². The van der Waals surface area contributed by atoms with Crippen molar-refractivity contribution in [3.63, 3.8) is 0 Å². The number of halogens is 3. The minimum atomic E-state index is -0.0432. The molecule has 25 heavy (non-hydrogen) atoms. The van der Waals surface area contributed by atoms with Gasteiger partial charge in [0.05, 0.1) is 0 Å². The summed E-state index contributed by atoms with van der Waals surface area (Å²) < 4.78 is 0. The van der Waals surface area contributed by atoms with Crippen molar-refractivity contribution in [1.29, 1.82) is 0 Å². The first-order valence-corrected chi connectivity index (χ1v) is 7.97. The first-order chi connectivity index (χ1) is 10.8. The van der Waals surface area contributed by atoms with Crippen molar-refractivity contribution < 1.29 is 4.79 Å². The van der Waals surface area contributed by atoms with E-state index < -0.39 is 0 Å². The highest BCUT2D eigenvalue weighted by atomic mass is 35.5. The minimum Gasteiger partial charge on any atom is -0.351 e. The Morgan fingerprint density at radius 1 is 1.20 bits per heavy atom. The second-order valence-corrected chi connectivity index (χ2v) is 5.70. The van der Waals surface area contributed by atoms with E-state index in [1.165, 1.54) is 0 Å². The van der Waals surface area contributed by atoms with Crippen molar-refractivity contribution in [3.05, 3.63) is 30.2 Å². The monoisotopic (exact) mass is 409 g/mol. The molecular formula is C16H26Cl3N5O. The standard InChI is InChI=1S/C16H23N5O.3ClH/c22-16(15-11-13-12-18-5-3-14(13)20-15)19-4-1-2-8-21-9-6-17-7-10-21;;;/h3,5,11-12,17,20H,1-2,4,6-10H2,(H,19,22);3*1H. The predicted molar refractivity (Wildman–Crippen MR) is 109 cm³/mol. The number of aromatic amines is 1. The maximum Gasteiger partial charge on any atom is 0.267 e. The van der Waals surface area contributed by atoms with E-state index in [1.807, 2.05) is 12.1 Å². The van der Waals surface area contributed by atoms with Crippen LogP contribution in [0, 0.1) is 0 Å². The number of nitrogens with zero attached hydrogens (tertiary/aromatic N) is 2. The third kappa shape index (κ3) is 6.99. The lowest BCUT2D eigenvalue weighted by molar-refractivity contribution is 0.0948. The van der Waals surface area contributed by atoms with Crippen molar-refractivity contribution in [2.75, 3.05) is 39.3 Å². The molecule has 1 saturated heterocycles. The number of hydrogen-bond acceptors (Lipinski definition) is 4. The summed E-state index contributed by atoms with van der Waals surface area (Å²) in [5.74, 6) is -0.0432. The van der Waals surface area contributed by atoms with Gasteiger partial charge in [0, 0.05) is 56.0 Å². The van der Waals surface area contributed by atoms with Crippen LogP contribution in [0.1, 0.15) is 23.3 Å². The maximum atomic E-state index is 12.1. The molecule has 2 aromatic heterocycles. The zero-order valence-corrected chi connectivity index (χ0v) is 16.4. The number of amides is 1. The molecule has 1 aliphatic heterocycles. The molecule has 1 fully saturated rings. The van der Waals surface area contributed by atoms with Crippen molar-refractivity contribution in [2.24, 2.45) is 0 Å². The first kappa shape index (κ1) is 23.9. The van der Waals surface area contributed by atoms with E-state index in [1.54, 1.807) is 12.4 Å². The van der Waals surface area contributed by atoms with Crippen LogP contribution in [-0.2, 0) is 0 Å². The second kappa shape index (κ2) is 12.3. The molecule has 0 spiro atoms. The Kier molecular flexibility index (Phi) is 11.8. The second-order valence-electron chi connectivity index (χ2n) is 5.70. The van der Waals surface area contributed by atoms with E-state index in [2.05, 4.69) is 25.5 Å². The van der Waals surface area contributed by atoms with Crippen LogP contribution in [0.5, 0.6) is 0 Å². The van der Waals surface area contributed by atoms with Crippen molar-refractivity contribution >= 4 is 54.0 Å². The first-order valence-electron chi connectivity index (χ1n) is 7.97. The number of piperazine rings is 1. The van der Waals surface area contributed by atoms with Gasteiger partial charge in [-0.1, -0.05) is 0 Å². The molecule has 3 heterocycles. The average Bonchev–Trinajstić information content (AvgIpc) is 2.99. The Morgan fingerprint density at radius 3 is 2.68 bits per heavy atom. The fourth-order valence-electron chi connectivity index (χ4n) is 2.79. The summed E-state index contributed by atoms with van der Waals surface area (Å²) in [5, 5.41) is 7.29. The highest BCUT2D eigenvalue weighted by Crippen LogP contribution is 2.13. The molecular weight excluding hydrogens is 385 g/mol. The van der Waals surface area contributed by atoms with Gasteiger partial charge in [0.1, 0.15) is 5.69 Å². The quantitative estimate of drug-likeness (QED) is 0.639. The van der Waals surface area contributed by atoms with Crippen LogP contribution >= 0.6 is 37.2 Å². The molecule has 0 aromatic carbocycles. The SMILES string of the molecule is Cl.Cl.Cl.O=C(NCCCCN1CCNCC1)c1cc2cnccc2[nH]1. The van der Waals surface area contributed by atoms with Gasteiger partial charge in [0.25, 0.3) is 5.91 Å². The molecule has 0 bridgehead atoms. The van der Waals surface area contributed by atoms with Gasteiger partial charge < -0.3 is 20.5 Å². The molecule has 1 aliphatic rings. The number of carbonyl (C=O) groups excluding carboxylic acids is 1. The van der Waals surface area contributed by atoms with E-state index in [0.717, 1.165) is 63.0 Å². The Hall–Kier alpha value is -1.05. The van der Waals surface area contributed by atoms with Crippen LogP contribution in [0.2, 0.25) is 0 Å². The van der Waals surface area contributed by atoms with Crippen LogP contribution in [0.15, 0.2) is 24.5 Å². The molecule has 2 aromatic rings. The van der Waals surface area contributed by atoms with Gasteiger partial charge in [-0.25, -0.2) is 0 Å². The number of fused-ring (bicyclic) bond motifs is 1. The number of H-pyrrole nitrogens is 1. The molecule has 3 N–H and O–H groups in total. The average molecular weight is 411 g/mol. The zero-order chi connectivity index (χ0) is 15.2. The molecule has 3 rings (SSSR count). The van der Waals surface area contributed by atoms with Gasteiger partial charge in [0.15, 0.2) is 0 Å². The summed E-state index contributed by atoms with van der Waals surface area (Å²) in [7, 11) is 0. The molecule has 0 unspecified atom stereocenters. The lowest BCUT2D eigenvalue weighted by Crippen LogP contribution is -2.43. The normalized spacial score (nSPS) is 14.1.